The van der Waals surface area contributed by atoms with Gasteiger partial charge in [0.1, 0.15) is 6.04 Å². The average Bonchev–Trinajstić information content (AvgIpc) is 2.93. The van der Waals surface area contributed by atoms with Crippen molar-refractivity contribution in [3.05, 3.63) is 36.5 Å². The van der Waals surface area contributed by atoms with E-state index in [1.165, 1.54) is 10.9 Å². The minimum Gasteiger partial charge on any atom is -0.481 e. The van der Waals surface area contributed by atoms with Crippen LogP contribution in [-0.2, 0) is 19.1 Å². The van der Waals surface area contributed by atoms with Crippen LogP contribution in [-0.4, -0.2) is 34.0 Å². The Kier molecular flexibility index (Phi) is 6.78. The number of nitrogens with two attached hydrogens (primary N) is 1. The second-order valence-electron chi connectivity index (χ2n) is 4.52. The molecular weight excluding hydrogens is 288 g/mol. The molecule has 0 saturated heterocycles. The van der Waals surface area contributed by atoms with Crippen LogP contribution in [0.15, 0.2) is 36.5 Å². The molecule has 0 bridgehead atoms. The third-order valence-electron chi connectivity index (χ3n) is 2.68. The van der Waals surface area contributed by atoms with Crippen molar-refractivity contribution in [2.24, 2.45) is 5.73 Å². The molecule has 0 aliphatic rings. The molecule has 7 nitrogen and oxygen atoms in total. The first-order chi connectivity index (χ1) is 10.4. The van der Waals surface area contributed by atoms with Crippen molar-refractivity contribution in [1.82, 2.24) is 4.98 Å². The van der Waals surface area contributed by atoms with Gasteiger partial charge in [-0.3, -0.25) is 9.59 Å². The number of aromatic nitrogens is 1. The summed E-state index contributed by atoms with van der Waals surface area (Å²) in [7, 11) is 0. The SMILES string of the molecule is CC(=O)OC(=O)C(N)CCC(=O)O.c1ccc2[nH]ccc2c1. The third-order valence-corrected chi connectivity index (χ3v) is 2.68. The van der Waals surface area contributed by atoms with E-state index in [0.29, 0.717) is 0 Å². The highest BCUT2D eigenvalue weighted by molar-refractivity contribution is 5.87. The van der Waals surface area contributed by atoms with Crippen LogP contribution in [0.25, 0.3) is 10.9 Å². The maximum Gasteiger partial charge on any atom is 0.330 e. The molecule has 0 aliphatic carbocycles. The molecular formula is C15H18N2O5. The number of nitrogens with one attached hydrogen (secondary N) is 1. The number of H-pyrrole nitrogens is 1. The number of esters is 2. The van der Waals surface area contributed by atoms with Gasteiger partial charge < -0.3 is 20.6 Å². The molecule has 4 N–H and O–H groups in total. The first kappa shape index (κ1) is 17.4. The van der Waals surface area contributed by atoms with Crippen molar-refractivity contribution < 1.29 is 24.2 Å². The summed E-state index contributed by atoms with van der Waals surface area (Å²) >= 11 is 0. The fraction of sp³-hybridized carbons (Fsp3) is 0.267. The van der Waals surface area contributed by atoms with E-state index in [4.69, 9.17) is 10.8 Å². The Labute approximate surface area is 127 Å². The number of fused-ring (bicyclic) bond motifs is 1. The lowest BCUT2D eigenvalue weighted by atomic mass is 10.2. The molecule has 1 heterocycles. The average molecular weight is 306 g/mol. The highest BCUT2D eigenvalue weighted by Crippen LogP contribution is 2.09. The summed E-state index contributed by atoms with van der Waals surface area (Å²) in [6.45, 7) is 1.07. The maximum absolute atomic E-state index is 10.8. The number of carbonyl (C=O) groups is 3. The summed E-state index contributed by atoms with van der Waals surface area (Å²) in [6.07, 6.45) is 1.68. The predicted octanol–water partition coefficient (Wildman–Crippen LogP) is 1.44. The van der Waals surface area contributed by atoms with E-state index >= 15 is 0 Å². The highest BCUT2D eigenvalue weighted by atomic mass is 16.6. The number of ether oxygens (including phenoxy) is 1. The number of hydrogen-bond donors (Lipinski definition) is 3. The normalized spacial score (nSPS) is 11.2. The fourth-order valence-corrected chi connectivity index (χ4v) is 1.61. The molecule has 0 amide bonds. The van der Waals surface area contributed by atoms with Crippen LogP contribution in [0.3, 0.4) is 0 Å². The number of benzene rings is 1. The lowest BCUT2D eigenvalue weighted by Crippen LogP contribution is -2.33. The van der Waals surface area contributed by atoms with Gasteiger partial charge >= 0.3 is 17.9 Å². The zero-order chi connectivity index (χ0) is 16.5. The predicted molar refractivity (Wildman–Crippen MR) is 79.9 cm³/mol. The number of carboxylic acid groups (broad SMARTS) is 1. The van der Waals surface area contributed by atoms with Crippen LogP contribution in [0.4, 0.5) is 0 Å². The van der Waals surface area contributed by atoms with Crippen LogP contribution in [0.1, 0.15) is 19.8 Å². The van der Waals surface area contributed by atoms with E-state index in [9.17, 15) is 14.4 Å². The highest BCUT2D eigenvalue weighted by Gasteiger charge is 2.17. The summed E-state index contributed by atoms with van der Waals surface area (Å²) in [5.74, 6) is -2.70. The zero-order valence-corrected chi connectivity index (χ0v) is 12.1. The van der Waals surface area contributed by atoms with Gasteiger partial charge in [-0.2, -0.15) is 0 Å². The van der Waals surface area contributed by atoms with Crippen molar-refractivity contribution >= 4 is 28.8 Å². The molecule has 0 radical (unpaired) electrons. The minimum absolute atomic E-state index is 0.0402. The zero-order valence-electron chi connectivity index (χ0n) is 12.1. The molecule has 118 valence electrons. The summed E-state index contributed by atoms with van der Waals surface area (Å²) < 4.78 is 4.15. The fourth-order valence-electron chi connectivity index (χ4n) is 1.61. The van der Waals surface area contributed by atoms with E-state index in [1.54, 1.807) is 0 Å². The number of rotatable bonds is 4. The van der Waals surface area contributed by atoms with Gasteiger partial charge in [0, 0.05) is 25.1 Å². The summed E-state index contributed by atoms with van der Waals surface area (Å²) in [5, 5.41) is 9.53. The van der Waals surface area contributed by atoms with Gasteiger partial charge in [0.25, 0.3) is 0 Å². The topological polar surface area (TPSA) is 122 Å². The molecule has 1 aromatic heterocycles. The van der Waals surface area contributed by atoms with Gasteiger partial charge in [-0.15, -0.1) is 0 Å². The molecule has 2 aromatic rings. The molecule has 1 atom stereocenters. The van der Waals surface area contributed by atoms with Gasteiger partial charge in [0.15, 0.2) is 0 Å². The number of carbonyl (C=O) groups excluding carboxylic acids is 2. The minimum atomic E-state index is -1.06. The number of para-hydroxylation sites is 1. The van der Waals surface area contributed by atoms with E-state index in [1.807, 2.05) is 18.3 Å². The lowest BCUT2D eigenvalue weighted by Gasteiger charge is -2.06. The molecule has 2 rings (SSSR count). The quantitative estimate of drug-likeness (QED) is 0.580. The van der Waals surface area contributed by atoms with E-state index < -0.39 is 23.9 Å². The molecule has 7 heteroatoms. The Morgan fingerprint density at radius 3 is 2.55 bits per heavy atom. The van der Waals surface area contributed by atoms with E-state index in [-0.39, 0.29) is 12.8 Å². The van der Waals surface area contributed by atoms with Gasteiger partial charge in [0.2, 0.25) is 0 Å². The van der Waals surface area contributed by atoms with E-state index in [2.05, 4.69) is 27.9 Å². The Balaban J connectivity index is 0.000000231. The molecule has 1 unspecified atom stereocenters. The van der Waals surface area contributed by atoms with Crippen molar-refractivity contribution in [2.75, 3.05) is 0 Å². The Morgan fingerprint density at radius 1 is 1.27 bits per heavy atom. The van der Waals surface area contributed by atoms with Crippen LogP contribution in [0.2, 0.25) is 0 Å². The molecule has 0 spiro atoms. The second-order valence-corrected chi connectivity index (χ2v) is 4.52. The molecule has 1 aromatic carbocycles. The smallest absolute Gasteiger partial charge is 0.330 e. The van der Waals surface area contributed by atoms with Gasteiger partial charge in [-0.05, 0) is 23.9 Å². The number of carboxylic acids is 1. The van der Waals surface area contributed by atoms with Crippen molar-refractivity contribution in [2.45, 2.75) is 25.8 Å². The van der Waals surface area contributed by atoms with Crippen molar-refractivity contribution in [3.8, 4) is 0 Å². The Morgan fingerprint density at radius 2 is 1.95 bits per heavy atom. The van der Waals surface area contributed by atoms with Crippen molar-refractivity contribution in [1.29, 1.82) is 0 Å². The summed E-state index contributed by atoms with van der Waals surface area (Å²) in [5.41, 5.74) is 6.43. The Hall–Kier alpha value is -2.67. The first-order valence-corrected chi connectivity index (χ1v) is 6.62. The number of aromatic amines is 1. The van der Waals surface area contributed by atoms with E-state index in [0.717, 1.165) is 6.92 Å². The van der Waals surface area contributed by atoms with Gasteiger partial charge in [0.05, 0.1) is 0 Å². The monoisotopic (exact) mass is 306 g/mol. The van der Waals surface area contributed by atoms with Crippen LogP contribution < -0.4 is 5.73 Å². The maximum atomic E-state index is 10.8. The standard InChI is InChI=1S/C8H7N.C7H11NO5/c1-2-4-8-7(3-1)5-6-9-8;1-4(9)13-7(12)5(8)2-3-6(10)11/h1-6,9H;5H,2-3,8H2,1H3,(H,10,11). The van der Waals surface area contributed by atoms with Crippen LogP contribution in [0.5, 0.6) is 0 Å². The molecule has 0 aliphatic heterocycles. The number of aliphatic carboxylic acids is 1. The van der Waals surface area contributed by atoms with Crippen molar-refractivity contribution in [3.63, 3.8) is 0 Å². The third kappa shape index (κ3) is 6.19. The van der Waals surface area contributed by atoms with Gasteiger partial charge in [-0.1, -0.05) is 18.2 Å². The summed E-state index contributed by atoms with van der Waals surface area (Å²) in [6, 6.07) is 9.23. The van der Waals surface area contributed by atoms with Crippen LogP contribution >= 0.6 is 0 Å². The summed E-state index contributed by atoms with van der Waals surface area (Å²) in [4.78, 5) is 34.3. The second kappa shape index (κ2) is 8.58. The van der Waals surface area contributed by atoms with Gasteiger partial charge in [-0.25, -0.2) is 4.79 Å². The molecule has 0 saturated carbocycles. The lowest BCUT2D eigenvalue weighted by molar-refractivity contribution is -0.159. The molecule has 22 heavy (non-hydrogen) atoms. The molecule has 0 fully saturated rings. The number of hydrogen-bond acceptors (Lipinski definition) is 5. The van der Waals surface area contributed by atoms with Crippen LogP contribution in [0, 0.1) is 0 Å². The first-order valence-electron chi connectivity index (χ1n) is 6.62. The Bertz CT molecular complexity index is 620. The largest absolute Gasteiger partial charge is 0.481 e.